The van der Waals surface area contributed by atoms with Crippen molar-refractivity contribution < 1.29 is 0 Å². The van der Waals surface area contributed by atoms with Gasteiger partial charge in [0, 0.05) is 0 Å². The fraction of sp³-hybridized carbons (Fsp3) is 1.00. The van der Waals surface area contributed by atoms with E-state index in [9.17, 15) is 0 Å². The molecule has 1 saturated heterocycles. The molecule has 4 heteroatoms. The van der Waals surface area contributed by atoms with Crippen molar-refractivity contribution in [2.75, 3.05) is 0 Å². The first-order chi connectivity index (χ1) is 4.54. The van der Waals surface area contributed by atoms with Gasteiger partial charge in [-0.25, -0.2) is 0 Å². The molecule has 1 aliphatic rings. The Bertz CT molecular complexity index is 122. The van der Waals surface area contributed by atoms with E-state index in [4.69, 9.17) is 0 Å². The van der Waals surface area contributed by atoms with Crippen molar-refractivity contribution in [1.29, 1.82) is 0 Å². The number of hydrogen-bond acceptors (Lipinski definition) is 0. The highest BCUT2D eigenvalue weighted by molar-refractivity contribution is 9.51. The Labute approximate surface area is 81.0 Å². The first-order valence-corrected chi connectivity index (χ1v) is 13.7. The highest BCUT2D eigenvalue weighted by Crippen LogP contribution is 2.51. The molecule has 0 atom stereocenters. The minimum absolute atomic E-state index is 0.658. The van der Waals surface area contributed by atoms with E-state index in [1.54, 1.807) is 11.3 Å². The van der Waals surface area contributed by atoms with E-state index in [0.29, 0.717) is 0 Å². The molecule has 1 aliphatic heterocycles. The minimum Gasteiger partial charge on any atom is -0.112 e. The molecule has 1 rings (SSSR count). The van der Waals surface area contributed by atoms with Crippen LogP contribution in [0.5, 0.6) is 0 Å². The predicted octanol–water partition coefficient (Wildman–Crippen LogP) is 3.80. The van der Waals surface area contributed by atoms with Crippen molar-refractivity contribution in [3.05, 3.63) is 0 Å². The van der Waals surface area contributed by atoms with E-state index in [-0.39, 0.29) is 0 Å². The molecule has 0 unspecified atom stereocenters. The van der Waals surface area contributed by atoms with Crippen LogP contribution in [-0.4, -0.2) is 13.4 Å². The Kier molecular flexibility index (Phi) is 2.87. The zero-order chi connectivity index (χ0) is 7.83. The topological polar surface area (TPSA) is 0 Å². The third-order valence-electron chi connectivity index (χ3n) is 2.77. The van der Waals surface area contributed by atoms with E-state index in [1.165, 1.54) is 12.1 Å². The van der Waals surface area contributed by atoms with E-state index in [0.717, 1.165) is 0 Å². The van der Waals surface area contributed by atoms with Crippen molar-refractivity contribution in [1.82, 2.24) is 0 Å². The van der Waals surface area contributed by atoms with Crippen LogP contribution in [0.1, 0.15) is 13.8 Å². The van der Waals surface area contributed by atoms with Gasteiger partial charge in [0.25, 0.3) is 0 Å². The SMILES string of the molecule is CC[Si]1(CC)C[Si](Br)(Br)C1. The highest BCUT2D eigenvalue weighted by atomic mass is 79.9. The maximum absolute atomic E-state index is 3.81. The molecule has 0 aromatic heterocycles. The molecule has 60 valence electrons. The van der Waals surface area contributed by atoms with Crippen molar-refractivity contribution in [2.24, 2.45) is 0 Å². The van der Waals surface area contributed by atoms with Gasteiger partial charge in [0.05, 0.1) is 8.07 Å². The van der Waals surface area contributed by atoms with Crippen molar-refractivity contribution in [3.63, 3.8) is 0 Å². The summed E-state index contributed by atoms with van der Waals surface area (Å²) in [6.07, 6.45) is 0. The Balaban J connectivity index is 2.46. The van der Waals surface area contributed by atoms with Gasteiger partial charge in [0.1, 0.15) is 0 Å². The fourth-order valence-electron chi connectivity index (χ4n) is 1.80. The van der Waals surface area contributed by atoms with Crippen LogP contribution in [0.15, 0.2) is 0 Å². The summed E-state index contributed by atoms with van der Waals surface area (Å²) in [6.45, 7) is 4.75. The summed E-state index contributed by atoms with van der Waals surface area (Å²) in [6, 6.07) is 2.99. The summed E-state index contributed by atoms with van der Waals surface area (Å²) < 4.78 is 0. The lowest BCUT2D eigenvalue weighted by atomic mass is 10.9. The molecule has 0 spiro atoms. The third kappa shape index (κ3) is 1.76. The van der Waals surface area contributed by atoms with Gasteiger partial charge in [-0.15, -0.1) is 30.6 Å². The molecular weight excluding hydrogens is 288 g/mol. The summed E-state index contributed by atoms with van der Waals surface area (Å²) >= 11 is 7.62. The van der Waals surface area contributed by atoms with Crippen molar-refractivity contribution >= 4 is 44.0 Å². The smallest absolute Gasteiger partial charge is 0.112 e. The Morgan fingerprint density at radius 2 is 1.50 bits per heavy atom. The monoisotopic (exact) mass is 300 g/mol. The van der Waals surface area contributed by atoms with Crippen LogP contribution >= 0.6 is 30.6 Å². The summed E-state index contributed by atoms with van der Waals surface area (Å²) in [5.74, 6) is 0. The molecule has 0 saturated carbocycles. The molecule has 0 aromatic rings. The lowest BCUT2D eigenvalue weighted by Crippen LogP contribution is -2.55. The lowest BCUT2D eigenvalue weighted by Gasteiger charge is -2.47. The third-order valence-corrected chi connectivity index (χ3v) is 26.0. The van der Waals surface area contributed by atoms with E-state index >= 15 is 0 Å². The highest BCUT2D eigenvalue weighted by Gasteiger charge is 2.52. The Morgan fingerprint density at radius 3 is 1.60 bits per heavy atom. The van der Waals surface area contributed by atoms with E-state index in [1.807, 2.05) is 0 Å². The molecule has 0 bridgehead atoms. The number of halogens is 2. The normalized spacial score (nSPS) is 27.6. The Morgan fingerprint density at radius 1 is 1.10 bits per heavy atom. The first-order valence-electron chi connectivity index (χ1n) is 3.91. The van der Waals surface area contributed by atoms with E-state index < -0.39 is 13.4 Å². The van der Waals surface area contributed by atoms with Gasteiger partial charge in [0.15, 0.2) is 5.31 Å². The van der Waals surface area contributed by atoms with Crippen molar-refractivity contribution in [2.45, 2.75) is 37.3 Å². The predicted molar refractivity (Wildman–Crippen MR) is 59.9 cm³/mol. The summed E-state index contributed by atoms with van der Waals surface area (Å²) in [4.78, 5) is 0. The molecule has 0 aliphatic carbocycles. The second-order valence-corrected chi connectivity index (χ2v) is 24.7. The van der Waals surface area contributed by atoms with Gasteiger partial charge in [-0.1, -0.05) is 25.9 Å². The van der Waals surface area contributed by atoms with Gasteiger partial charge in [0.2, 0.25) is 0 Å². The standard InChI is InChI=1S/C6H14Br2Si2/c1-3-9(4-2)5-10(7,8)6-9/h3-6H2,1-2H3. The molecule has 0 radical (unpaired) electrons. The summed E-state index contributed by atoms with van der Waals surface area (Å²) in [5, 5.41) is -0.941. The van der Waals surface area contributed by atoms with Crippen molar-refractivity contribution in [3.8, 4) is 0 Å². The maximum atomic E-state index is 3.81. The zero-order valence-corrected chi connectivity index (χ0v) is 11.8. The van der Waals surface area contributed by atoms with Gasteiger partial charge in [-0.2, -0.15) is 0 Å². The van der Waals surface area contributed by atoms with Crippen LogP contribution in [0.3, 0.4) is 0 Å². The zero-order valence-electron chi connectivity index (χ0n) is 6.58. The second-order valence-electron chi connectivity index (χ2n) is 3.42. The summed E-state index contributed by atoms with van der Waals surface area (Å²) in [7, 11) is -0.658. The van der Waals surface area contributed by atoms with Crippen LogP contribution in [-0.2, 0) is 0 Å². The minimum atomic E-state index is -0.941. The lowest BCUT2D eigenvalue weighted by molar-refractivity contribution is 1.18. The van der Waals surface area contributed by atoms with Crippen LogP contribution in [0, 0.1) is 0 Å². The molecule has 0 nitrogen and oxygen atoms in total. The molecule has 1 fully saturated rings. The molecular formula is C6H14Br2Si2. The molecule has 0 N–H and O–H groups in total. The quantitative estimate of drug-likeness (QED) is 0.537. The average Bonchev–Trinajstić information content (AvgIpc) is 1.82. The number of rotatable bonds is 2. The maximum Gasteiger partial charge on any atom is 0.196 e. The molecule has 10 heavy (non-hydrogen) atoms. The average molecular weight is 302 g/mol. The van der Waals surface area contributed by atoms with Gasteiger partial charge < -0.3 is 0 Å². The molecule has 1 heterocycles. The Hall–Kier alpha value is 1.39. The van der Waals surface area contributed by atoms with Crippen LogP contribution in [0.25, 0.3) is 0 Å². The number of hydrogen-bond donors (Lipinski definition) is 0. The molecule has 0 amide bonds. The first kappa shape index (κ1) is 9.48. The van der Waals surface area contributed by atoms with Crippen LogP contribution in [0.4, 0.5) is 0 Å². The molecule has 0 aromatic carbocycles. The largest absolute Gasteiger partial charge is 0.196 e. The second kappa shape index (κ2) is 3.03. The van der Waals surface area contributed by atoms with Gasteiger partial charge in [-0.3, -0.25) is 0 Å². The van der Waals surface area contributed by atoms with Gasteiger partial charge >= 0.3 is 0 Å². The fourth-order valence-corrected chi connectivity index (χ4v) is 36.1. The van der Waals surface area contributed by atoms with Crippen LogP contribution in [0.2, 0.25) is 23.4 Å². The van der Waals surface area contributed by atoms with E-state index in [2.05, 4.69) is 44.4 Å². The van der Waals surface area contributed by atoms with Crippen LogP contribution < -0.4 is 0 Å². The van der Waals surface area contributed by atoms with Gasteiger partial charge in [-0.05, 0) is 11.3 Å². The summed E-state index contributed by atoms with van der Waals surface area (Å²) in [5.41, 5.74) is 3.12.